The monoisotopic (exact) mass is 736 g/mol. The van der Waals surface area contributed by atoms with Gasteiger partial charge in [0.1, 0.15) is 0 Å². The van der Waals surface area contributed by atoms with Crippen LogP contribution in [0.2, 0.25) is 0 Å². The molecule has 0 atom stereocenters. The summed E-state index contributed by atoms with van der Waals surface area (Å²) in [5.74, 6) is 1.94. The molecular weight excluding hydrogens is 709 g/mol. The van der Waals surface area contributed by atoms with Gasteiger partial charge in [0.15, 0.2) is 17.5 Å². The zero-order chi connectivity index (χ0) is 36.0. The molecule has 4 nitrogen and oxygen atoms in total. The number of aromatic nitrogens is 4. The molecule has 6 heteroatoms. The quantitative estimate of drug-likeness (QED) is 0.181. The number of hydrogen-bond donors (Lipinski definition) is 0. The highest BCUT2D eigenvalue weighted by Crippen LogP contribution is 2.51. The molecule has 0 fully saturated rings. The Hall–Kier alpha value is -6.73. The van der Waals surface area contributed by atoms with Gasteiger partial charge in [-0.25, -0.2) is 15.0 Å². The molecule has 8 aromatic carbocycles. The molecule has 0 saturated heterocycles. The van der Waals surface area contributed by atoms with E-state index in [-0.39, 0.29) is 0 Å². The zero-order valence-corrected chi connectivity index (χ0v) is 30.9. The first-order valence-electron chi connectivity index (χ1n) is 18.4. The summed E-state index contributed by atoms with van der Waals surface area (Å²) in [5.41, 5.74) is 6.28. The molecule has 0 aliphatic heterocycles. The first-order chi connectivity index (χ1) is 27.3. The van der Waals surface area contributed by atoms with E-state index < -0.39 is 0 Å². The van der Waals surface area contributed by atoms with E-state index in [1.165, 1.54) is 72.9 Å². The SMILES string of the molecule is c1ccc(-c2nc(-c3ccccc3)nc(-c3cccc(-n4c5ccccc5c5c6sc7ccccc7c6c6c(ccc7sc8ccccc8c76)c54)c3)n2)cc1. The lowest BCUT2D eigenvalue weighted by molar-refractivity contribution is 1.07. The summed E-state index contributed by atoms with van der Waals surface area (Å²) in [4.78, 5) is 15.1. The van der Waals surface area contributed by atoms with Gasteiger partial charge in [0.2, 0.25) is 0 Å². The molecule has 0 amide bonds. The molecule has 0 aliphatic rings. The summed E-state index contributed by atoms with van der Waals surface area (Å²) in [6.07, 6.45) is 0. The lowest BCUT2D eigenvalue weighted by atomic mass is 9.96. The molecule has 4 aromatic heterocycles. The van der Waals surface area contributed by atoms with Gasteiger partial charge in [0.05, 0.1) is 11.0 Å². The maximum absolute atomic E-state index is 5.09. The van der Waals surface area contributed by atoms with Crippen LogP contribution in [0.5, 0.6) is 0 Å². The maximum atomic E-state index is 5.09. The van der Waals surface area contributed by atoms with Crippen LogP contribution in [-0.2, 0) is 0 Å². The average molecular weight is 737 g/mol. The molecule has 0 unspecified atom stereocenters. The van der Waals surface area contributed by atoms with Gasteiger partial charge in [-0.15, -0.1) is 22.7 Å². The number of thiophene rings is 2. The second-order valence-electron chi connectivity index (χ2n) is 13.9. The van der Waals surface area contributed by atoms with Crippen molar-refractivity contribution in [2.24, 2.45) is 0 Å². The Labute approximate surface area is 323 Å². The first kappa shape index (κ1) is 30.7. The largest absolute Gasteiger partial charge is 0.309 e. The summed E-state index contributed by atoms with van der Waals surface area (Å²) in [6, 6.07) is 60.4. The van der Waals surface area contributed by atoms with E-state index in [2.05, 4.69) is 138 Å². The molecule has 0 radical (unpaired) electrons. The van der Waals surface area contributed by atoms with Gasteiger partial charge >= 0.3 is 0 Å². The second kappa shape index (κ2) is 11.9. The molecule has 0 spiro atoms. The fraction of sp³-hybridized carbons (Fsp3) is 0. The molecule has 12 aromatic rings. The standard InChI is InChI=1S/C49H28N4S2/c1-3-14-29(15-4-1)47-50-48(30-16-5-2-6-17-30)52-49(51-47)31-18-13-19-32(28-31)53-37-23-10-7-20-33(37)44-45(53)36-26-27-40-41(34-21-8-11-24-38(34)54-40)42(36)43-35-22-9-12-25-39(35)55-46(43)44/h1-28H. The van der Waals surface area contributed by atoms with E-state index in [9.17, 15) is 0 Å². The first-order valence-corrected chi connectivity index (χ1v) is 20.0. The molecular formula is C49H28N4S2. The van der Waals surface area contributed by atoms with Crippen molar-refractivity contribution in [1.29, 1.82) is 0 Å². The third-order valence-corrected chi connectivity index (χ3v) is 13.1. The Morgan fingerprint density at radius 3 is 1.64 bits per heavy atom. The van der Waals surface area contributed by atoms with Gasteiger partial charge in [-0.05, 0) is 36.4 Å². The third-order valence-electron chi connectivity index (χ3n) is 10.8. The molecule has 0 aliphatic carbocycles. The number of para-hydroxylation sites is 1. The highest BCUT2D eigenvalue weighted by atomic mass is 32.1. The minimum absolute atomic E-state index is 0.638. The van der Waals surface area contributed by atoms with Crippen LogP contribution < -0.4 is 0 Å². The number of rotatable bonds is 4. The molecule has 4 heterocycles. The van der Waals surface area contributed by atoms with E-state index in [4.69, 9.17) is 15.0 Å². The normalized spacial score (nSPS) is 12.0. The van der Waals surface area contributed by atoms with Crippen LogP contribution in [0, 0.1) is 0 Å². The van der Waals surface area contributed by atoms with Crippen LogP contribution >= 0.6 is 22.7 Å². The van der Waals surface area contributed by atoms with Crippen molar-refractivity contribution in [3.8, 4) is 39.9 Å². The number of fused-ring (bicyclic) bond motifs is 14. The van der Waals surface area contributed by atoms with Crippen molar-refractivity contribution in [3.63, 3.8) is 0 Å². The van der Waals surface area contributed by atoms with Crippen LogP contribution in [0.3, 0.4) is 0 Å². The van der Waals surface area contributed by atoms with Gasteiger partial charge < -0.3 is 4.57 Å². The van der Waals surface area contributed by atoms with E-state index in [0.717, 1.165) is 22.4 Å². The number of hydrogen-bond acceptors (Lipinski definition) is 5. The Balaban J connectivity index is 1.20. The van der Waals surface area contributed by atoms with Crippen LogP contribution in [-0.4, -0.2) is 19.5 Å². The molecule has 0 saturated carbocycles. The van der Waals surface area contributed by atoms with E-state index >= 15 is 0 Å². The van der Waals surface area contributed by atoms with Gasteiger partial charge in [-0.3, -0.25) is 0 Å². The summed E-state index contributed by atoms with van der Waals surface area (Å²) in [5, 5.41) is 10.4. The molecule has 12 rings (SSSR count). The van der Waals surface area contributed by atoms with Crippen molar-refractivity contribution in [2.45, 2.75) is 0 Å². The van der Waals surface area contributed by atoms with Gasteiger partial charge in [-0.1, -0.05) is 133 Å². The molecule has 0 N–H and O–H groups in total. The predicted molar refractivity (Wildman–Crippen MR) is 234 cm³/mol. The Morgan fingerprint density at radius 2 is 0.927 bits per heavy atom. The lowest BCUT2D eigenvalue weighted by Crippen LogP contribution is -2.01. The van der Waals surface area contributed by atoms with Crippen LogP contribution in [0.1, 0.15) is 0 Å². The minimum atomic E-state index is 0.638. The van der Waals surface area contributed by atoms with E-state index in [1.54, 1.807) is 0 Å². The number of benzene rings is 8. The van der Waals surface area contributed by atoms with Crippen molar-refractivity contribution < 1.29 is 0 Å². The van der Waals surface area contributed by atoms with Gasteiger partial charge in [0.25, 0.3) is 0 Å². The topological polar surface area (TPSA) is 43.6 Å². The van der Waals surface area contributed by atoms with Crippen molar-refractivity contribution in [2.75, 3.05) is 0 Å². The zero-order valence-electron chi connectivity index (χ0n) is 29.3. The maximum Gasteiger partial charge on any atom is 0.164 e. The fourth-order valence-electron chi connectivity index (χ4n) is 8.46. The average Bonchev–Trinajstić information content (AvgIpc) is 3.94. The molecule has 55 heavy (non-hydrogen) atoms. The summed E-state index contributed by atoms with van der Waals surface area (Å²) < 4.78 is 7.73. The highest BCUT2D eigenvalue weighted by Gasteiger charge is 2.24. The Bertz CT molecular complexity index is 3430. The predicted octanol–water partition coefficient (Wildman–Crippen LogP) is 13.9. The van der Waals surface area contributed by atoms with E-state index in [0.29, 0.717) is 17.5 Å². The van der Waals surface area contributed by atoms with Crippen LogP contribution in [0.15, 0.2) is 170 Å². The van der Waals surface area contributed by atoms with Crippen LogP contribution in [0.4, 0.5) is 0 Å². The van der Waals surface area contributed by atoms with Crippen molar-refractivity contribution >= 4 is 95.6 Å². The van der Waals surface area contributed by atoms with Crippen LogP contribution in [0.25, 0.3) is 113 Å². The Kier molecular flexibility index (Phi) is 6.64. The fourth-order valence-corrected chi connectivity index (χ4v) is 10.8. The summed E-state index contributed by atoms with van der Waals surface area (Å²) in [6.45, 7) is 0. The van der Waals surface area contributed by atoms with Gasteiger partial charge in [-0.2, -0.15) is 0 Å². The third kappa shape index (κ3) is 4.59. The molecule has 0 bridgehead atoms. The smallest absolute Gasteiger partial charge is 0.164 e. The number of nitrogens with zero attached hydrogens (tertiary/aromatic N) is 4. The summed E-state index contributed by atoms with van der Waals surface area (Å²) in [7, 11) is 0. The minimum Gasteiger partial charge on any atom is -0.309 e. The lowest BCUT2D eigenvalue weighted by Gasteiger charge is -2.13. The molecule has 256 valence electrons. The van der Waals surface area contributed by atoms with Crippen molar-refractivity contribution in [1.82, 2.24) is 19.5 Å². The Morgan fingerprint density at radius 1 is 0.364 bits per heavy atom. The van der Waals surface area contributed by atoms with E-state index in [1.807, 2.05) is 59.1 Å². The highest BCUT2D eigenvalue weighted by molar-refractivity contribution is 7.27. The van der Waals surface area contributed by atoms with Gasteiger partial charge in [0, 0.05) is 84.3 Å². The second-order valence-corrected chi connectivity index (χ2v) is 16.1. The van der Waals surface area contributed by atoms with Crippen molar-refractivity contribution in [3.05, 3.63) is 170 Å². The summed E-state index contributed by atoms with van der Waals surface area (Å²) >= 11 is 3.79.